The predicted octanol–water partition coefficient (Wildman–Crippen LogP) is 4.82. The van der Waals surface area contributed by atoms with Crippen LogP contribution in [0.3, 0.4) is 0 Å². The van der Waals surface area contributed by atoms with Crippen LogP contribution in [0.15, 0.2) is 54.9 Å². The van der Waals surface area contributed by atoms with Gasteiger partial charge in [0.05, 0.1) is 5.57 Å². The van der Waals surface area contributed by atoms with Crippen LogP contribution in [0.2, 0.25) is 0 Å². The van der Waals surface area contributed by atoms with Crippen molar-refractivity contribution in [1.29, 1.82) is 0 Å². The van der Waals surface area contributed by atoms with Crippen LogP contribution in [0, 0.1) is 5.82 Å². The summed E-state index contributed by atoms with van der Waals surface area (Å²) in [5.74, 6) is -0.0396. The van der Waals surface area contributed by atoms with Gasteiger partial charge < -0.3 is 25.4 Å². The number of halogens is 1. The molecule has 0 atom stereocenters. The van der Waals surface area contributed by atoms with Crippen LogP contribution in [-0.2, 0) is 4.79 Å². The lowest BCUT2D eigenvalue weighted by atomic mass is 9.94. The molecule has 0 aliphatic carbocycles. The van der Waals surface area contributed by atoms with Gasteiger partial charge >= 0.3 is 0 Å². The number of nitrogens with one attached hydrogen (secondary N) is 3. The summed E-state index contributed by atoms with van der Waals surface area (Å²) in [7, 11) is 0. The molecule has 4 heterocycles. The van der Waals surface area contributed by atoms with Gasteiger partial charge in [-0.3, -0.25) is 4.79 Å². The Labute approximate surface area is 223 Å². The Balaban J connectivity index is 1.19. The highest BCUT2D eigenvalue weighted by Crippen LogP contribution is 2.40. The summed E-state index contributed by atoms with van der Waals surface area (Å²) < 4.78 is 14.2. The van der Waals surface area contributed by atoms with E-state index in [1.54, 1.807) is 24.5 Å². The first kappa shape index (κ1) is 24.8. The van der Waals surface area contributed by atoms with Crippen LogP contribution in [0.25, 0.3) is 11.1 Å². The second-order valence-corrected chi connectivity index (χ2v) is 10.6. The molecule has 3 aliphatic rings. The Hall–Kier alpha value is -3.49. The SMILES string of the molecule is O=C1Nc2ccc(NC3CCN(CCN4CCCCC4)CC3)cc2/C1=C(\c1cccc(F)c1)c1ncc[nH]1. The van der Waals surface area contributed by atoms with Gasteiger partial charge in [0, 0.05) is 67.1 Å². The highest BCUT2D eigenvalue weighted by atomic mass is 19.1. The third kappa shape index (κ3) is 5.37. The van der Waals surface area contributed by atoms with Crippen molar-refractivity contribution in [3.63, 3.8) is 0 Å². The highest BCUT2D eigenvalue weighted by Gasteiger charge is 2.30. The maximum Gasteiger partial charge on any atom is 0.257 e. The van der Waals surface area contributed by atoms with E-state index in [4.69, 9.17) is 0 Å². The summed E-state index contributed by atoms with van der Waals surface area (Å²) in [6.45, 7) is 7.05. The summed E-state index contributed by atoms with van der Waals surface area (Å²) in [5.41, 5.74) is 4.23. The zero-order valence-electron chi connectivity index (χ0n) is 21.7. The predicted molar refractivity (Wildman–Crippen MR) is 149 cm³/mol. The largest absolute Gasteiger partial charge is 0.382 e. The first-order chi connectivity index (χ1) is 18.6. The lowest BCUT2D eigenvalue weighted by Gasteiger charge is -2.35. The third-order valence-electron chi connectivity index (χ3n) is 8.00. The average molecular weight is 515 g/mol. The fourth-order valence-corrected chi connectivity index (χ4v) is 5.95. The number of imidazole rings is 1. The minimum atomic E-state index is -0.358. The Morgan fingerprint density at radius 2 is 1.79 bits per heavy atom. The number of likely N-dealkylation sites (tertiary alicyclic amines) is 2. The molecule has 6 rings (SSSR count). The summed E-state index contributed by atoms with van der Waals surface area (Å²) in [5, 5.41) is 6.69. The Morgan fingerprint density at radius 1 is 1.00 bits per heavy atom. The number of anilines is 2. The molecular formula is C30H35FN6O. The molecule has 2 fully saturated rings. The highest BCUT2D eigenvalue weighted by molar-refractivity contribution is 6.38. The summed E-state index contributed by atoms with van der Waals surface area (Å²) in [6, 6.07) is 12.7. The number of hydrogen-bond donors (Lipinski definition) is 3. The number of rotatable bonds is 7. The smallest absolute Gasteiger partial charge is 0.257 e. The molecule has 0 saturated carbocycles. The van der Waals surface area contributed by atoms with Gasteiger partial charge in [0.2, 0.25) is 0 Å². The van der Waals surface area contributed by atoms with E-state index >= 15 is 0 Å². The van der Waals surface area contributed by atoms with Gasteiger partial charge in [-0.25, -0.2) is 9.37 Å². The van der Waals surface area contributed by atoms with Gasteiger partial charge in [-0.2, -0.15) is 0 Å². The first-order valence-corrected chi connectivity index (χ1v) is 13.8. The minimum absolute atomic E-state index is 0.213. The number of amides is 1. The number of piperidine rings is 2. The molecule has 8 heteroatoms. The maximum atomic E-state index is 14.2. The third-order valence-corrected chi connectivity index (χ3v) is 8.00. The molecule has 2 saturated heterocycles. The Bertz CT molecular complexity index is 1310. The quantitative estimate of drug-likeness (QED) is 0.394. The van der Waals surface area contributed by atoms with Gasteiger partial charge in [0.1, 0.15) is 11.6 Å². The van der Waals surface area contributed by atoms with Crippen molar-refractivity contribution in [2.24, 2.45) is 0 Å². The zero-order chi connectivity index (χ0) is 25.9. The molecule has 3 aliphatic heterocycles. The minimum Gasteiger partial charge on any atom is -0.382 e. The molecule has 3 N–H and O–H groups in total. The molecule has 2 aromatic carbocycles. The van der Waals surface area contributed by atoms with Crippen molar-refractivity contribution in [2.75, 3.05) is 49.9 Å². The number of fused-ring (bicyclic) bond motifs is 1. The molecule has 0 bridgehead atoms. The number of carbonyl (C=O) groups excluding carboxylic acids is 1. The van der Waals surface area contributed by atoms with Crippen molar-refractivity contribution < 1.29 is 9.18 Å². The lowest BCUT2D eigenvalue weighted by molar-refractivity contribution is -0.110. The van der Waals surface area contributed by atoms with E-state index in [0.717, 1.165) is 49.4 Å². The second-order valence-electron chi connectivity index (χ2n) is 10.6. The molecular weight excluding hydrogens is 479 g/mol. The first-order valence-electron chi connectivity index (χ1n) is 13.8. The number of benzene rings is 2. The number of carbonyl (C=O) groups is 1. The maximum absolute atomic E-state index is 14.2. The molecule has 1 aromatic heterocycles. The van der Waals surface area contributed by atoms with E-state index in [1.807, 2.05) is 18.2 Å². The van der Waals surface area contributed by atoms with E-state index in [-0.39, 0.29) is 11.7 Å². The number of H-pyrrole nitrogens is 1. The summed E-state index contributed by atoms with van der Waals surface area (Å²) in [4.78, 5) is 25.9. The Kier molecular flexibility index (Phi) is 7.25. The van der Waals surface area contributed by atoms with E-state index in [9.17, 15) is 9.18 Å². The number of aromatic nitrogens is 2. The second kappa shape index (κ2) is 11.1. The van der Waals surface area contributed by atoms with E-state index in [1.165, 1.54) is 51.0 Å². The molecule has 3 aromatic rings. The standard InChI is InChI=1S/C30H35FN6O/c31-22-6-4-5-21(19-22)27(29-32-11-12-33-29)28-25-20-24(7-8-26(25)35-30(28)38)34-23-9-15-37(16-10-23)18-17-36-13-2-1-3-14-36/h4-8,11-12,19-20,23,34H,1-3,9-10,13-18H2,(H,32,33)(H,35,38)/b28-27-. The fraction of sp³-hybridized carbons (Fsp3) is 0.400. The number of nitrogens with zero attached hydrogens (tertiary/aromatic N) is 3. The average Bonchev–Trinajstić information content (AvgIpc) is 3.58. The van der Waals surface area contributed by atoms with Crippen LogP contribution in [0.5, 0.6) is 0 Å². The van der Waals surface area contributed by atoms with E-state index < -0.39 is 0 Å². The van der Waals surface area contributed by atoms with Gasteiger partial charge in [0.15, 0.2) is 0 Å². The summed E-state index contributed by atoms with van der Waals surface area (Å²) >= 11 is 0. The van der Waals surface area contributed by atoms with Crippen LogP contribution >= 0.6 is 0 Å². The van der Waals surface area contributed by atoms with Crippen molar-refractivity contribution in [1.82, 2.24) is 19.8 Å². The molecule has 0 radical (unpaired) electrons. The summed E-state index contributed by atoms with van der Waals surface area (Å²) in [6.07, 6.45) is 9.61. The van der Waals surface area contributed by atoms with Gasteiger partial charge in [0.25, 0.3) is 5.91 Å². The van der Waals surface area contributed by atoms with Crippen LogP contribution in [0.1, 0.15) is 49.1 Å². The van der Waals surface area contributed by atoms with E-state index in [2.05, 4.69) is 30.4 Å². The lowest BCUT2D eigenvalue weighted by Crippen LogP contribution is -2.43. The van der Waals surface area contributed by atoms with Crippen molar-refractivity contribution >= 4 is 28.4 Å². The molecule has 1 amide bonds. The number of hydrogen-bond acceptors (Lipinski definition) is 5. The van der Waals surface area contributed by atoms with Gasteiger partial charge in [-0.1, -0.05) is 18.6 Å². The molecule has 7 nitrogen and oxygen atoms in total. The topological polar surface area (TPSA) is 76.3 Å². The fourth-order valence-electron chi connectivity index (χ4n) is 5.95. The zero-order valence-corrected chi connectivity index (χ0v) is 21.7. The normalized spacial score (nSPS) is 20.3. The molecule has 38 heavy (non-hydrogen) atoms. The molecule has 198 valence electrons. The molecule has 0 unspecified atom stereocenters. The van der Waals surface area contributed by atoms with E-state index in [0.29, 0.717) is 28.6 Å². The Morgan fingerprint density at radius 3 is 2.53 bits per heavy atom. The monoisotopic (exact) mass is 514 g/mol. The number of aromatic amines is 1. The van der Waals surface area contributed by atoms with Gasteiger partial charge in [-0.15, -0.1) is 0 Å². The van der Waals surface area contributed by atoms with Crippen molar-refractivity contribution in [2.45, 2.75) is 38.1 Å². The molecule has 0 spiro atoms. The van der Waals surface area contributed by atoms with Crippen molar-refractivity contribution in [3.05, 3.63) is 77.6 Å². The van der Waals surface area contributed by atoms with Crippen LogP contribution in [0.4, 0.5) is 15.8 Å². The van der Waals surface area contributed by atoms with Crippen LogP contribution < -0.4 is 10.6 Å². The van der Waals surface area contributed by atoms with Crippen LogP contribution in [-0.4, -0.2) is 71.0 Å². The van der Waals surface area contributed by atoms with Gasteiger partial charge in [-0.05, 0) is 74.7 Å². The van der Waals surface area contributed by atoms with Crippen molar-refractivity contribution in [3.8, 4) is 0 Å².